The third kappa shape index (κ3) is 4.87. The summed E-state index contributed by atoms with van der Waals surface area (Å²) in [6, 6.07) is 8.39. The second-order valence-electron chi connectivity index (χ2n) is 3.63. The summed E-state index contributed by atoms with van der Waals surface area (Å²) >= 11 is 0. The zero-order valence-electron chi connectivity index (χ0n) is 10.8. The molecule has 1 aromatic carbocycles. The molecule has 0 radical (unpaired) electrons. The fourth-order valence-corrected chi connectivity index (χ4v) is 1.44. The average molecular weight is 235 g/mol. The average Bonchev–Trinajstić information content (AvgIpc) is 2.39. The molecule has 0 heterocycles. The van der Waals surface area contributed by atoms with Gasteiger partial charge in [-0.05, 0) is 18.1 Å². The monoisotopic (exact) mass is 235 g/mol. The summed E-state index contributed by atoms with van der Waals surface area (Å²) < 4.78 is 5.35. The fourth-order valence-electron chi connectivity index (χ4n) is 1.44. The number of benzene rings is 1. The highest BCUT2D eigenvalue weighted by atomic mass is 16.5. The predicted molar refractivity (Wildman–Crippen MR) is 71.0 cm³/mol. The van der Waals surface area contributed by atoms with Crippen molar-refractivity contribution in [3.05, 3.63) is 35.4 Å². The van der Waals surface area contributed by atoms with Gasteiger partial charge in [0.15, 0.2) is 5.96 Å². The number of ether oxygens (including phenoxy) is 1. The Kier molecular flexibility index (Phi) is 6.10. The molecule has 0 saturated carbocycles. The van der Waals surface area contributed by atoms with Crippen molar-refractivity contribution in [2.24, 2.45) is 4.99 Å². The van der Waals surface area contributed by atoms with Crippen LogP contribution in [0.4, 0.5) is 0 Å². The van der Waals surface area contributed by atoms with Crippen LogP contribution in [-0.2, 0) is 17.9 Å². The van der Waals surface area contributed by atoms with E-state index in [2.05, 4.69) is 39.9 Å². The van der Waals surface area contributed by atoms with Crippen LogP contribution in [0.3, 0.4) is 0 Å². The second kappa shape index (κ2) is 7.68. The van der Waals surface area contributed by atoms with Gasteiger partial charge in [-0.3, -0.25) is 4.99 Å². The highest BCUT2D eigenvalue weighted by Crippen LogP contribution is 2.05. The van der Waals surface area contributed by atoms with E-state index < -0.39 is 0 Å². The summed E-state index contributed by atoms with van der Waals surface area (Å²) in [5.74, 6) is 0.795. The minimum Gasteiger partial charge on any atom is -0.377 e. The summed E-state index contributed by atoms with van der Waals surface area (Å²) in [6.07, 6.45) is 0. The molecule has 0 amide bonds. The van der Waals surface area contributed by atoms with Crippen LogP contribution >= 0.6 is 0 Å². The molecule has 0 aliphatic heterocycles. The number of nitrogens with zero attached hydrogens (tertiary/aromatic N) is 1. The molecule has 17 heavy (non-hydrogen) atoms. The first kappa shape index (κ1) is 13.5. The molecule has 0 aliphatic rings. The van der Waals surface area contributed by atoms with E-state index in [4.69, 9.17) is 4.74 Å². The van der Waals surface area contributed by atoms with Crippen molar-refractivity contribution in [3.8, 4) is 0 Å². The highest BCUT2D eigenvalue weighted by molar-refractivity contribution is 5.79. The lowest BCUT2D eigenvalue weighted by atomic mass is 10.1. The van der Waals surface area contributed by atoms with Gasteiger partial charge >= 0.3 is 0 Å². The molecule has 2 N–H and O–H groups in total. The Bertz CT molecular complexity index is 346. The van der Waals surface area contributed by atoms with Crippen LogP contribution in [0, 0.1) is 0 Å². The van der Waals surface area contributed by atoms with Crippen LogP contribution in [-0.4, -0.2) is 26.7 Å². The van der Waals surface area contributed by atoms with Crippen molar-refractivity contribution in [3.63, 3.8) is 0 Å². The topological polar surface area (TPSA) is 45.6 Å². The maximum atomic E-state index is 5.35. The first-order chi connectivity index (χ1) is 8.30. The van der Waals surface area contributed by atoms with E-state index in [1.807, 2.05) is 14.0 Å². The van der Waals surface area contributed by atoms with Crippen molar-refractivity contribution >= 4 is 5.96 Å². The van der Waals surface area contributed by atoms with Gasteiger partial charge in [-0.1, -0.05) is 24.3 Å². The lowest BCUT2D eigenvalue weighted by molar-refractivity contribution is 0.134. The highest BCUT2D eigenvalue weighted by Gasteiger charge is 1.96. The molecule has 1 aromatic rings. The lowest BCUT2D eigenvalue weighted by Gasteiger charge is -2.09. The molecule has 0 saturated heterocycles. The maximum Gasteiger partial charge on any atom is 0.190 e. The van der Waals surface area contributed by atoms with Gasteiger partial charge in [-0.15, -0.1) is 0 Å². The number of nitrogens with one attached hydrogen (secondary N) is 2. The molecule has 1 rings (SSSR count). The Morgan fingerprint density at radius 3 is 2.41 bits per heavy atom. The zero-order valence-corrected chi connectivity index (χ0v) is 10.8. The molecule has 0 bridgehead atoms. The van der Waals surface area contributed by atoms with Gasteiger partial charge in [0.25, 0.3) is 0 Å². The number of hydrogen-bond acceptors (Lipinski definition) is 2. The molecule has 0 aliphatic carbocycles. The quantitative estimate of drug-likeness (QED) is 0.601. The molecule has 0 unspecified atom stereocenters. The second-order valence-corrected chi connectivity index (χ2v) is 3.63. The van der Waals surface area contributed by atoms with E-state index in [1.54, 1.807) is 7.05 Å². The molecule has 0 aromatic heterocycles. The number of guanidine groups is 1. The SMILES string of the molecule is CCOCc1ccc(CNC(=NC)NC)cc1. The van der Waals surface area contributed by atoms with Crippen molar-refractivity contribution in [1.29, 1.82) is 0 Å². The molecular weight excluding hydrogens is 214 g/mol. The molecule has 0 spiro atoms. The van der Waals surface area contributed by atoms with Crippen LogP contribution in [0.25, 0.3) is 0 Å². The third-order valence-electron chi connectivity index (χ3n) is 2.42. The van der Waals surface area contributed by atoms with E-state index in [0.717, 1.165) is 19.1 Å². The van der Waals surface area contributed by atoms with Gasteiger partial charge in [0, 0.05) is 27.2 Å². The van der Waals surface area contributed by atoms with Gasteiger partial charge in [-0.25, -0.2) is 0 Å². The Morgan fingerprint density at radius 2 is 1.88 bits per heavy atom. The summed E-state index contributed by atoms with van der Waals surface area (Å²) in [7, 11) is 3.60. The predicted octanol–water partition coefficient (Wildman–Crippen LogP) is 1.52. The molecular formula is C13H21N3O. The Balaban J connectivity index is 2.45. The first-order valence-electron chi connectivity index (χ1n) is 5.84. The maximum absolute atomic E-state index is 5.35. The zero-order chi connectivity index (χ0) is 12.5. The van der Waals surface area contributed by atoms with E-state index in [0.29, 0.717) is 6.61 Å². The molecule has 4 heteroatoms. The first-order valence-corrected chi connectivity index (χ1v) is 5.84. The molecule has 4 nitrogen and oxygen atoms in total. The van der Waals surface area contributed by atoms with Gasteiger partial charge in [0.05, 0.1) is 6.61 Å². The van der Waals surface area contributed by atoms with Crippen LogP contribution in [0.5, 0.6) is 0 Å². The third-order valence-corrected chi connectivity index (χ3v) is 2.42. The van der Waals surface area contributed by atoms with E-state index in [-0.39, 0.29) is 0 Å². The lowest BCUT2D eigenvalue weighted by Crippen LogP contribution is -2.34. The Morgan fingerprint density at radius 1 is 1.24 bits per heavy atom. The van der Waals surface area contributed by atoms with E-state index >= 15 is 0 Å². The molecule has 0 atom stereocenters. The van der Waals surface area contributed by atoms with Gasteiger partial charge in [0.2, 0.25) is 0 Å². The summed E-state index contributed by atoms with van der Waals surface area (Å²) in [5.41, 5.74) is 2.43. The molecule has 0 fully saturated rings. The van der Waals surface area contributed by atoms with Gasteiger partial charge in [0.1, 0.15) is 0 Å². The number of rotatable bonds is 5. The number of aliphatic imine (C=N–C) groups is 1. The van der Waals surface area contributed by atoms with E-state index in [1.165, 1.54) is 11.1 Å². The number of hydrogen-bond donors (Lipinski definition) is 2. The Labute approximate surface area is 103 Å². The van der Waals surface area contributed by atoms with Crippen LogP contribution < -0.4 is 10.6 Å². The minimum absolute atomic E-state index is 0.683. The van der Waals surface area contributed by atoms with Crippen molar-refractivity contribution in [2.45, 2.75) is 20.1 Å². The summed E-state index contributed by atoms with van der Waals surface area (Å²) in [4.78, 5) is 4.05. The summed E-state index contributed by atoms with van der Waals surface area (Å²) in [6.45, 7) is 4.20. The normalized spacial score (nSPS) is 11.4. The van der Waals surface area contributed by atoms with E-state index in [9.17, 15) is 0 Å². The minimum atomic E-state index is 0.683. The smallest absolute Gasteiger partial charge is 0.190 e. The fraction of sp³-hybridized carbons (Fsp3) is 0.462. The van der Waals surface area contributed by atoms with Crippen LogP contribution in [0.1, 0.15) is 18.1 Å². The van der Waals surface area contributed by atoms with Crippen molar-refractivity contribution in [1.82, 2.24) is 10.6 Å². The van der Waals surface area contributed by atoms with Gasteiger partial charge in [-0.2, -0.15) is 0 Å². The molecule has 94 valence electrons. The largest absolute Gasteiger partial charge is 0.377 e. The van der Waals surface area contributed by atoms with Gasteiger partial charge < -0.3 is 15.4 Å². The van der Waals surface area contributed by atoms with Crippen LogP contribution in [0.2, 0.25) is 0 Å². The standard InChI is InChI=1S/C13H21N3O/c1-4-17-10-12-7-5-11(6-8-12)9-16-13(14-2)15-3/h5-8H,4,9-10H2,1-3H3,(H2,14,15,16). The van der Waals surface area contributed by atoms with Crippen molar-refractivity contribution in [2.75, 3.05) is 20.7 Å². The summed E-state index contributed by atoms with van der Waals surface area (Å²) in [5, 5.41) is 6.19. The van der Waals surface area contributed by atoms with Crippen molar-refractivity contribution < 1.29 is 4.74 Å². The Hall–Kier alpha value is -1.55. The van der Waals surface area contributed by atoms with Crippen LogP contribution in [0.15, 0.2) is 29.3 Å².